The van der Waals surface area contributed by atoms with Crippen LogP contribution in [0.2, 0.25) is 0 Å². The third kappa shape index (κ3) is 3.61. The van der Waals surface area contributed by atoms with Crippen LogP contribution in [0.1, 0.15) is 37.8 Å². The standard InChI is InChI=1S/C11H14N2S2/c1-4-6-9-10(15-11(14)13-9)7-12-8(3)5-2/h7-8H,5H2,1-3H3,(H,13,14). The second-order valence-electron chi connectivity index (χ2n) is 3.16. The summed E-state index contributed by atoms with van der Waals surface area (Å²) in [5.41, 5.74) is 0.875. The Bertz CT molecular complexity index is 457. The van der Waals surface area contributed by atoms with Crippen molar-refractivity contribution in [3.63, 3.8) is 0 Å². The zero-order valence-electron chi connectivity index (χ0n) is 9.13. The largest absolute Gasteiger partial charge is 0.330 e. The summed E-state index contributed by atoms with van der Waals surface area (Å²) in [5.74, 6) is 5.84. The summed E-state index contributed by atoms with van der Waals surface area (Å²) in [7, 11) is 0. The number of aromatic amines is 1. The molecule has 0 aromatic carbocycles. The second-order valence-corrected chi connectivity index (χ2v) is 4.88. The SMILES string of the molecule is CC#Cc1[nH]c(=S)sc1C=NC(C)CC. The van der Waals surface area contributed by atoms with Gasteiger partial charge in [-0.2, -0.15) is 0 Å². The Hall–Kier alpha value is -0.920. The number of aliphatic imine (C=N–C) groups is 1. The fraction of sp³-hybridized carbons (Fsp3) is 0.455. The monoisotopic (exact) mass is 238 g/mol. The van der Waals surface area contributed by atoms with Crippen molar-refractivity contribution in [3.8, 4) is 11.8 Å². The lowest BCUT2D eigenvalue weighted by atomic mass is 10.3. The molecule has 0 aliphatic heterocycles. The van der Waals surface area contributed by atoms with Crippen molar-refractivity contribution >= 4 is 29.8 Å². The van der Waals surface area contributed by atoms with Gasteiger partial charge in [-0.05, 0) is 38.4 Å². The van der Waals surface area contributed by atoms with Crippen LogP contribution in [0.15, 0.2) is 4.99 Å². The smallest absolute Gasteiger partial charge is 0.159 e. The highest BCUT2D eigenvalue weighted by Gasteiger charge is 2.01. The fourth-order valence-corrected chi connectivity index (χ4v) is 1.99. The molecule has 0 saturated carbocycles. The Morgan fingerprint density at radius 1 is 1.67 bits per heavy atom. The molecule has 1 aromatic heterocycles. The molecule has 0 radical (unpaired) electrons. The molecule has 1 N–H and O–H groups in total. The van der Waals surface area contributed by atoms with Crippen molar-refractivity contribution in [3.05, 3.63) is 14.5 Å². The lowest BCUT2D eigenvalue weighted by molar-refractivity contribution is 0.720. The first-order chi connectivity index (χ1) is 7.17. The second kappa shape index (κ2) is 5.84. The number of H-pyrrole nitrogens is 1. The highest BCUT2D eigenvalue weighted by molar-refractivity contribution is 7.73. The van der Waals surface area contributed by atoms with E-state index < -0.39 is 0 Å². The van der Waals surface area contributed by atoms with Gasteiger partial charge in [0.1, 0.15) is 5.69 Å². The Labute approximate surface area is 99.5 Å². The van der Waals surface area contributed by atoms with Gasteiger partial charge in [0, 0.05) is 12.3 Å². The van der Waals surface area contributed by atoms with Gasteiger partial charge in [-0.3, -0.25) is 4.99 Å². The topological polar surface area (TPSA) is 28.1 Å². The maximum atomic E-state index is 5.08. The number of nitrogens with one attached hydrogen (secondary N) is 1. The summed E-state index contributed by atoms with van der Waals surface area (Å²) in [6.45, 7) is 6.02. The van der Waals surface area contributed by atoms with E-state index >= 15 is 0 Å². The molecule has 1 aromatic rings. The van der Waals surface area contributed by atoms with Gasteiger partial charge in [-0.25, -0.2) is 0 Å². The van der Waals surface area contributed by atoms with Crippen LogP contribution in [0.4, 0.5) is 0 Å². The fourth-order valence-electron chi connectivity index (χ4n) is 0.949. The van der Waals surface area contributed by atoms with Gasteiger partial charge in [0.05, 0.1) is 4.88 Å². The van der Waals surface area contributed by atoms with Crippen LogP contribution >= 0.6 is 23.6 Å². The third-order valence-corrected chi connectivity index (χ3v) is 3.13. The van der Waals surface area contributed by atoms with Gasteiger partial charge < -0.3 is 4.98 Å². The minimum Gasteiger partial charge on any atom is -0.330 e. The first-order valence-corrected chi connectivity index (χ1v) is 6.08. The van der Waals surface area contributed by atoms with Gasteiger partial charge in [0.25, 0.3) is 0 Å². The van der Waals surface area contributed by atoms with Gasteiger partial charge in [0.2, 0.25) is 0 Å². The van der Waals surface area contributed by atoms with Crippen LogP contribution in [0.25, 0.3) is 0 Å². The van der Waals surface area contributed by atoms with Crippen LogP contribution in [0.5, 0.6) is 0 Å². The summed E-state index contributed by atoms with van der Waals surface area (Å²) in [6, 6.07) is 0.350. The average Bonchev–Trinajstić information content (AvgIpc) is 2.56. The summed E-state index contributed by atoms with van der Waals surface area (Å²) < 4.78 is 0.748. The Kier molecular flexibility index (Phi) is 4.73. The lowest BCUT2D eigenvalue weighted by Crippen LogP contribution is -1.95. The Balaban J connectivity index is 2.97. The molecule has 2 nitrogen and oxygen atoms in total. The summed E-state index contributed by atoms with van der Waals surface area (Å²) in [4.78, 5) is 8.50. The van der Waals surface area contributed by atoms with E-state index in [2.05, 4.69) is 35.7 Å². The third-order valence-electron chi connectivity index (χ3n) is 1.96. The predicted octanol–water partition coefficient (Wildman–Crippen LogP) is 3.39. The minimum atomic E-state index is 0.350. The number of rotatable bonds is 3. The molecule has 0 bridgehead atoms. The highest BCUT2D eigenvalue weighted by atomic mass is 32.1. The molecule has 0 aliphatic rings. The van der Waals surface area contributed by atoms with Crippen molar-refractivity contribution in [1.29, 1.82) is 0 Å². The van der Waals surface area contributed by atoms with Crippen molar-refractivity contribution in [2.24, 2.45) is 4.99 Å². The molecule has 1 unspecified atom stereocenters. The number of thiazole rings is 1. The van der Waals surface area contributed by atoms with Crippen molar-refractivity contribution in [2.45, 2.75) is 33.2 Å². The number of hydrogen-bond donors (Lipinski definition) is 1. The molecule has 1 atom stereocenters. The highest BCUT2D eigenvalue weighted by Crippen LogP contribution is 2.12. The normalized spacial score (nSPS) is 12.5. The lowest BCUT2D eigenvalue weighted by Gasteiger charge is -1.98. The zero-order valence-corrected chi connectivity index (χ0v) is 10.8. The molecule has 15 heavy (non-hydrogen) atoms. The van der Waals surface area contributed by atoms with E-state index in [4.69, 9.17) is 12.2 Å². The summed E-state index contributed by atoms with van der Waals surface area (Å²) in [6.07, 6.45) is 2.91. The molecule has 1 heterocycles. The first-order valence-electron chi connectivity index (χ1n) is 4.86. The molecular formula is C11H14N2S2. The van der Waals surface area contributed by atoms with E-state index in [0.717, 1.165) is 20.9 Å². The molecule has 0 amide bonds. The maximum Gasteiger partial charge on any atom is 0.159 e. The van der Waals surface area contributed by atoms with E-state index in [-0.39, 0.29) is 0 Å². The van der Waals surface area contributed by atoms with Crippen LogP contribution in [-0.2, 0) is 0 Å². The molecule has 0 spiro atoms. The van der Waals surface area contributed by atoms with E-state index in [1.54, 1.807) is 0 Å². The Morgan fingerprint density at radius 2 is 2.40 bits per heavy atom. The number of aromatic nitrogens is 1. The van der Waals surface area contributed by atoms with Crippen LogP contribution in [0, 0.1) is 15.8 Å². The van der Waals surface area contributed by atoms with E-state index in [9.17, 15) is 0 Å². The van der Waals surface area contributed by atoms with Gasteiger partial charge in [0.15, 0.2) is 3.95 Å². The van der Waals surface area contributed by atoms with Gasteiger partial charge in [-0.1, -0.05) is 12.8 Å². The average molecular weight is 238 g/mol. The molecule has 80 valence electrons. The minimum absolute atomic E-state index is 0.350. The predicted molar refractivity (Wildman–Crippen MR) is 69.4 cm³/mol. The zero-order chi connectivity index (χ0) is 11.3. The van der Waals surface area contributed by atoms with Crippen molar-refractivity contribution in [1.82, 2.24) is 4.98 Å². The molecule has 0 fully saturated rings. The van der Waals surface area contributed by atoms with Crippen molar-refractivity contribution in [2.75, 3.05) is 0 Å². The van der Waals surface area contributed by atoms with E-state index in [1.807, 2.05) is 13.1 Å². The number of nitrogens with zero attached hydrogens (tertiary/aromatic N) is 1. The molecule has 4 heteroatoms. The molecule has 0 aliphatic carbocycles. The van der Waals surface area contributed by atoms with E-state index in [0.29, 0.717) is 6.04 Å². The van der Waals surface area contributed by atoms with Crippen LogP contribution in [0.3, 0.4) is 0 Å². The van der Waals surface area contributed by atoms with Gasteiger partial charge in [-0.15, -0.1) is 11.3 Å². The first kappa shape index (κ1) is 12.2. The van der Waals surface area contributed by atoms with E-state index in [1.165, 1.54) is 11.3 Å². The van der Waals surface area contributed by atoms with Gasteiger partial charge >= 0.3 is 0 Å². The quantitative estimate of drug-likeness (QED) is 0.488. The molecular weight excluding hydrogens is 224 g/mol. The number of hydrogen-bond acceptors (Lipinski definition) is 3. The Morgan fingerprint density at radius 3 is 3.00 bits per heavy atom. The molecule has 0 saturated heterocycles. The van der Waals surface area contributed by atoms with Crippen LogP contribution < -0.4 is 0 Å². The van der Waals surface area contributed by atoms with Crippen molar-refractivity contribution < 1.29 is 0 Å². The molecule has 1 rings (SSSR count). The maximum absolute atomic E-state index is 5.08. The summed E-state index contributed by atoms with van der Waals surface area (Å²) in [5, 5.41) is 0. The summed E-state index contributed by atoms with van der Waals surface area (Å²) >= 11 is 6.59. The van der Waals surface area contributed by atoms with Crippen LogP contribution in [-0.4, -0.2) is 17.2 Å².